The molecule has 0 unspecified atom stereocenters. The molecule has 39 heavy (non-hydrogen) atoms. The number of nitrogens with zero attached hydrogens (tertiary/aromatic N) is 3. The van der Waals surface area contributed by atoms with Crippen molar-refractivity contribution < 1.29 is 0 Å². The summed E-state index contributed by atoms with van der Waals surface area (Å²) in [4.78, 5) is 4.30. The third-order valence-corrected chi connectivity index (χ3v) is 7.33. The molecule has 7 rings (SSSR count). The Hall–Kier alpha value is -5.46. The second kappa shape index (κ2) is 9.45. The van der Waals surface area contributed by atoms with Gasteiger partial charge in [0.05, 0.1) is 22.3 Å². The lowest BCUT2D eigenvalue weighted by atomic mass is 10.0. The maximum absolute atomic E-state index is 10.1. The molecule has 2 heterocycles. The van der Waals surface area contributed by atoms with Gasteiger partial charge in [-0.15, -0.1) is 0 Å². The maximum Gasteiger partial charge on any atom is 0.101 e. The molecule has 0 aliphatic carbocycles. The molecule has 182 valence electrons. The van der Waals surface area contributed by atoms with Gasteiger partial charge in [0, 0.05) is 28.7 Å². The van der Waals surface area contributed by atoms with Crippen molar-refractivity contribution in [1.29, 1.82) is 5.26 Å². The van der Waals surface area contributed by atoms with Crippen LogP contribution in [0.3, 0.4) is 0 Å². The van der Waals surface area contributed by atoms with Crippen LogP contribution in [0.2, 0.25) is 0 Å². The smallest absolute Gasteiger partial charge is 0.101 e. The summed E-state index contributed by atoms with van der Waals surface area (Å²) in [6, 6.07) is 46.6. The minimum Gasteiger partial charge on any atom is -0.308 e. The van der Waals surface area contributed by atoms with Crippen molar-refractivity contribution in [2.75, 3.05) is 0 Å². The standard InChI is InChI=1S/C36H23N3/c37-23-30-14-13-29(31-12-7-19-38-24-31)22-36(30)39-34-17-15-27(25-8-3-1-4-9-25)20-32(34)33-21-28(16-18-35(33)39)26-10-5-2-6-11-26/h1-22,24H. The van der Waals surface area contributed by atoms with E-state index in [0.29, 0.717) is 5.56 Å². The van der Waals surface area contributed by atoms with Crippen molar-refractivity contribution in [2.24, 2.45) is 0 Å². The van der Waals surface area contributed by atoms with E-state index in [4.69, 9.17) is 0 Å². The largest absolute Gasteiger partial charge is 0.308 e. The molecule has 7 aromatic rings. The lowest BCUT2D eigenvalue weighted by molar-refractivity contribution is 1.17. The summed E-state index contributed by atoms with van der Waals surface area (Å²) in [5, 5.41) is 12.4. The van der Waals surface area contributed by atoms with E-state index in [1.165, 1.54) is 11.1 Å². The summed E-state index contributed by atoms with van der Waals surface area (Å²) in [5.74, 6) is 0. The van der Waals surface area contributed by atoms with Crippen LogP contribution < -0.4 is 0 Å². The van der Waals surface area contributed by atoms with Gasteiger partial charge in [-0.3, -0.25) is 4.98 Å². The Kier molecular flexibility index (Phi) is 5.50. The van der Waals surface area contributed by atoms with Crippen LogP contribution in [0.1, 0.15) is 5.56 Å². The molecule has 0 aliphatic rings. The van der Waals surface area contributed by atoms with Crippen molar-refractivity contribution in [3.05, 3.63) is 145 Å². The van der Waals surface area contributed by atoms with Gasteiger partial charge in [0.15, 0.2) is 0 Å². The highest BCUT2D eigenvalue weighted by Crippen LogP contribution is 2.38. The number of benzene rings is 5. The topological polar surface area (TPSA) is 41.6 Å². The zero-order chi connectivity index (χ0) is 26.2. The minimum absolute atomic E-state index is 0.626. The predicted molar refractivity (Wildman–Crippen MR) is 160 cm³/mol. The monoisotopic (exact) mass is 497 g/mol. The summed E-state index contributed by atoms with van der Waals surface area (Å²) in [6.07, 6.45) is 3.63. The van der Waals surface area contributed by atoms with E-state index in [1.54, 1.807) is 6.20 Å². The molecule has 0 fully saturated rings. The van der Waals surface area contributed by atoms with Crippen LogP contribution in [0.25, 0.3) is 60.9 Å². The third kappa shape index (κ3) is 3.96. The molecule has 0 saturated carbocycles. The van der Waals surface area contributed by atoms with Gasteiger partial charge in [-0.2, -0.15) is 5.26 Å². The molecule has 3 heteroatoms. The van der Waals surface area contributed by atoms with Crippen LogP contribution in [0, 0.1) is 11.3 Å². The highest BCUT2D eigenvalue weighted by molar-refractivity contribution is 6.11. The SMILES string of the molecule is N#Cc1ccc(-c2cccnc2)cc1-n1c2ccc(-c3ccccc3)cc2c2cc(-c3ccccc3)ccc21. The summed E-state index contributed by atoms with van der Waals surface area (Å²) in [5.41, 5.74) is 10.3. The van der Waals surface area contributed by atoms with E-state index < -0.39 is 0 Å². The molecule has 0 N–H and O–H groups in total. The average molecular weight is 498 g/mol. The van der Waals surface area contributed by atoms with E-state index >= 15 is 0 Å². The zero-order valence-corrected chi connectivity index (χ0v) is 21.1. The van der Waals surface area contributed by atoms with Gasteiger partial charge in [-0.25, -0.2) is 0 Å². The minimum atomic E-state index is 0.626. The van der Waals surface area contributed by atoms with Gasteiger partial charge in [0.2, 0.25) is 0 Å². The van der Waals surface area contributed by atoms with Gasteiger partial charge in [0.1, 0.15) is 6.07 Å². The Balaban J connectivity index is 1.54. The molecule has 0 bridgehead atoms. The van der Waals surface area contributed by atoms with Crippen molar-refractivity contribution >= 4 is 21.8 Å². The van der Waals surface area contributed by atoms with Crippen LogP contribution in [0.5, 0.6) is 0 Å². The number of hydrogen-bond donors (Lipinski definition) is 0. The Morgan fingerprint density at radius 2 is 1.05 bits per heavy atom. The summed E-state index contributed by atoms with van der Waals surface area (Å²) in [7, 11) is 0. The van der Waals surface area contributed by atoms with E-state index in [0.717, 1.165) is 49.7 Å². The van der Waals surface area contributed by atoms with Gasteiger partial charge in [-0.05, 0) is 70.3 Å². The summed E-state index contributed by atoms with van der Waals surface area (Å²) >= 11 is 0. The van der Waals surface area contributed by atoms with Crippen LogP contribution >= 0.6 is 0 Å². The summed E-state index contributed by atoms with van der Waals surface area (Å²) in [6.45, 7) is 0. The Morgan fingerprint density at radius 3 is 1.59 bits per heavy atom. The van der Waals surface area contributed by atoms with E-state index in [-0.39, 0.29) is 0 Å². The van der Waals surface area contributed by atoms with Crippen molar-refractivity contribution in [1.82, 2.24) is 9.55 Å². The average Bonchev–Trinajstić information content (AvgIpc) is 3.35. The van der Waals surface area contributed by atoms with Crippen molar-refractivity contribution in [2.45, 2.75) is 0 Å². The fraction of sp³-hybridized carbons (Fsp3) is 0. The predicted octanol–water partition coefficient (Wildman–Crippen LogP) is 9.05. The van der Waals surface area contributed by atoms with Crippen LogP contribution in [-0.2, 0) is 0 Å². The molecule has 2 aromatic heterocycles. The fourth-order valence-electron chi connectivity index (χ4n) is 5.43. The molecular weight excluding hydrogens is 474 g/mol. The first-order valence-corrected chi connectivity index (χ1v) is 12.9. The van der Waals surface area contributed by atoms with Gasteiger partial charge < -0.3 is 4.57 Å². The number of nitriles is 1. The molecule has 3 nitrogen and oxygen atoms in total. The number of aromatic nitrogens is 2. The highest BCUT2D eigenvalue weighted by Gasteiger charge is 2.17. The van der Waals surface area contributed by atoms with Gasteiger partial charge in [0.25, 0.3) is 0 Å². The molecule has 0 spiro atoms. The molecular formula is C36H23N3. The molecule has 5 aromatic carbocycles. The number of pyridine rings is 1. The number of fused-ring (bicyclic) bond motifs is 3. The molecule has 0 aliphatic heterocycles. The fourth-order valence-corrected chi connectivity index (χ4v) is 5.43. The Labute approximate surface area is 226 Å². The molecule has 0 saturated heterocycles. The lowest BCUT2D eigenvalue weighted by Gasteiger charge is -2.13. The van der Waals surface area contributed by atoms with Crippen molar-refractivity contribution in [3.8, 4) is 45.1 Å². The van der Waals surface area contributed by atoms with E-state index in [2.05, 4.69) is 107 Å². The maximum atomic E-state index is 10.1. The van der Waals surface area contributed by atoms with Crippen molar-refractivity contribution in [3.63, 3.8) is 0 Å². The third-order valence-electron chi connectivity index (χ3n) is 7.33. The molecule has 0 atom stereocenters. The van der Waals surface area contributed by atoms with E-state index in [1.807, 2.05) is 42.6 Å². The first-order chi connectivity index (χ1) is 19.3. The first-order valence-electron chi connectivity index (χ1n) is 12.9. The van der Waals surface area contributed by atoms with Crippen LogP contribution in [0.15, 0.2) is 140 Å². The lowest BCUT2D eigenvalue weighted by Crippen LogP contribution is -1.98. The van der Waals surface area contributed by atoms with E-state index in [9.17, 15) is 5.26 Å². The molecule has 0 radical (unpaired) electrons. The van der Waals surface area contributed by atoms with Gasteiger partial charge in [-0.1, -0.05) is 84.9 Å². The Morgan fingerprint density at radius 1 is 0.513 bits per heavy atom. The first kappa shape index (κ1) is 22.7. The normalized spacial score (nSPS) is 11.1. The quantitative estimate of drug-likeness (QED) is 0.243. The second-order valence-corrected chi connectivity index (χ2v) is 9.62. The highest BCUT2D eigenvalue weighted by atomic mass is 15.0. The summed E-state index contributed by atoms with van der Waals surface area (Å²) < 4.78 is 2.23. The molecule has 0 amide bonds. The zero-order valence-electron chi connectivity index (χ0n) is 21.1. The number of hydrogen-bond acceptors (Lipinski definition) is 2. The van der Waals surface area contributed by atoms with Crippen LogP contribution in [-0.4, -0.2) is 9.55 Å². The van der Waals surface area contributed by atoms with Crippen LogP contribution in [0.4, 0.5) is 0 Å². The Bertz CT molecular complexity index is 1900. The second-order valence-electron chi connectivity index (χ2n) is 9.62. The number of rotatable bonds is 4. The van der Waals surface area contributed by atoms with Gasteiger partial charge >= 0.3 is 0 Å².